The van der Waals surface area contributed by atoms with Crippen LogP contribution in [0, 0.1) is 5.82 Å². The summed E-state index contributed by atoms with van der Waals surface area (Å²) in [6.07, 6.45) is 0.495. The van der Waals surface area contributed by atoms with Gasteiger partial charge in [-0.05, 0) is 46.1 Å². The lowest BCUT2D eigenvalue weighted by Crippen LogP contribution is -2.00. The Labute approximate surface area is 137 Å². The summed E-state index contributed by atoms with van der Waals surface area (Å²) in [5.74, 6) is 0.965. The molecule has 2 aromatic rings. The van der Waals surface area contributed by atoms with E-state index in [4.69, 9.17) is 21.1 Å². The van der Waals surface area contributed by atoms with Crippen LogP contribution in [0.5, 0.6) is 11.5 Å². The fourth-order valence-electron chi connectivity index (χ4n) is 2.09. The number of methoxy groups -OCH3 is 2. The molecule has 0 aromatic heterocycles. The molecule has 0 saturated heterocycles. The standard InChI is InChI=1S/C16H15BrClFO2/c1-20-14-7-6-10(9-15(14)21-2)8-13(18)11-4-3-5-12(17)16(11)19/h3-7,9,13H,8H2,1-2H3. The van der Waals surface area contributed by atoms with Crippen molar-refractivity contribution in [2.75, 3.05) is 14.2 Å². The van der Waals surface area contributed by atoms with E-state index in [-0.39, 0.29) is 5.82 Å². The monoisotopic (exact) mass is 372 g/mol. The Morgan fingerprint density at radius 3 is 2.52 bits per heavy atom. The highest BCUT2D eigenvalue weighted by molar-refractivity contribution is 9.10. The molecule has 1 atom stereocenters. The largest absolute Gasteiger partial charge is 0.493 e. The van der Waals surface area contributed by atoms with Gasteiger partial charge in [-0.25, -0.2) is 4.39 Å². The van der Waals surface area contributed by atoms with Crippen LogP contribution in [-0.2, 0) is 6.42 Å². The number of ether oxygens (including phenoxy) is 2. The molecule has 0 fully saturated rings. The van der Waals surface area contributed by atoms with Crippen LogP contribution in [0.2, 0.25) is 0 Å². The van der Waals surface area contributed by atoms with Gasteiger partial charge >= 0.3 is 0 Å². The highest BCUT2D eigenvalue weighted by atomic mass is 79.9. The summed E-state index contributed by atoms with van der Waals surface area (Å²) in [6, 6.07) is 10.7. The highest BCUT2D eigenvalue weighted by Crippen LogP contribution is 2.33. The van der Waals surface area contributed by atoms with E-state index in [2.05, 4.69) is 15.9 Å². The van der Waals surface area contributed by atoms with E-state index in [1.807, 2.05) is 18.2 Å². The maximum Gasteiger partial charge on any atom is 0.160 e. The summed E-state index contributed by atoms with van der Waals surface area (Å²) in [4.78, 5) is 0. The van der Waals surface area contributed by atoms with Gasteiger partial charge in [0.25, 0.3) is 0 Å². The second-order valence-electron chi connectivity index (χ2n) is 4.50. The molecule has 1 unspecified atom stereocenters. The molecule has 0 aliphatic carbocycles. The van der Waals surface area contributed by atoms with Gasteiger partial charge in [-0.3, -0.25) is 0 Å². The lowest BCUT2D eigenvalue weighted by molar-refractivity contribution is 0.354. The van der Waals surface area contributed by atoms with Crippen LogP contribution in [0.15, 0.2) is 40.9 Å². The molecule has 21 heavy (non-hydrogen) atoms. The lowest BCUT2D eigenvalue weighted by Gasteiger charge is -2.14. The Hall–Kier alpha value is -1.26. The normalized spacial score (nSPS) is 12.0. The van der Waals surface area contributed by atoms with E-state index in [1.54, 1.807) is 32.4 Å². The number of benzene rings is 2. The second-order valence-corrected chi connectivity index (χ2v) is 5.89. The third-order valence-electron chi connectivity index (χ3n) is 3.18. The maximum absolute atomic E-state index is 14.0. The first-order chi connectivity index (χ1) is 10.1. The minimum Gasteiger partial charge on any atom is -0.493 e. The fraction of sp³-hybridized carbons (Fsp3) is 0.250. The molecule has 2 aromatic carbocycles. The van der Waals surface area contributed by atoms with Gasteiger partial charge in [-0.2, -0.15) is 0 Å². The van der Waals surface area contributed by atoms with Crippen molar-refractivity contribution in [2.45, 2.75) is 11.8 Å². The maximum atomic E-state index is 14.0. The quantitative estimate of drug-likeness (QED) is 0.677. The molecule has 0 heterocycles. The molecule has 0 radical (unpaired) electrons. The zero-order valence-corrected chi connectivity index (χ0v) is 14.0. The zero-order valence-electron chi connectivity index (χ0n) is 11.7. The first-order valence-corrected chi connectivity index (χ1v) is 7.58. The van der Waals surface area contributed by atoms with Crippen molar-refractivity contribution in [1.29, 1.82) is 0 Å². The molecule has 5 heteroatoms. The molecule has 0 aliphatic rings. The summed E-state index contributed by atoms with van der Waals surface area (Å²) in [7, 11) is 3.16. The summed E-state index contributed by atoms with van der Waals surface area (Å²) in [6.45, 7) is 0. The van der Waals surface area contributed by atoms with Crippen molar-refractivity contribution in [3.05, 3.63) is 57.8 Å². The first kappa shape index (κ1) is 16.1. The van der Waals surface area contributed by atoms with Crippen LogP contribution in [0.25, 0.3) is 0 Å². The van der Waals surface area contributed by atoms with Crippen molar-refractivity contribution in [1.82, 2.24) is 0 Å². The molecule has 0 spiro atoms. The Morgan fingerprint density at radius 2 is 1.86 bits per heavy atom. The highest BCUT2D eigenvalue weighted by Gasteiger charge is 2.16. The van der Waals surface area contributed by atoms with Gasteiger partial charge in [0.1, 0.15) is 5.82 Å². The van der Waals surface area contributed by atoms with Gasteiger partial charge in [0.05, 0.1) is 24.1 Å². The summed E-state index contributed by atoms with van der Waals surface area (Å²) in [5.41, 5.74) is 1.42. The Bertz CT molecular complexity index is 634. The summed E-state index contributed by atoms with van der Waals surface area (Å²) >= 11 is 9.53. The molecule has 0 aliphatic heterocycles. The molecule has 0 saturated carbocycles. The van der Waals surface area contributed by atoms with Gasteiger partial charge in [0.2, 0.25) is 0 Å². The van der Waals surface area contributed by atoms with Crippen molar-refractivity contribution in [2.24, 2.45) is 0 Å². The SMILES string of the molecule is COc1ccc(CC(Cl)c2cccc(Br)c2F)cc1OC. The van der Waals surface area contributed by atoms with Crippen molar-refractivity contribution >= 4 is 27.5 Å². The Morgan fingerprint density at radius 1 is 1.14 bits per heavy atom. The van der Waals surface area contributed by atoms with Crippen LogP contribution in [0.1, 0.15) is 16.5 Å². The van der Waals surface area contributed by atoms with E-state index < -0.39 is 5.38 Å². The van der Waals surface area contributed by atoms with Crippen LogP contribution < -0.4 is 9.47 Å². The minimum atomic E-state index is -0.458. The van der Waals surface area contributed by atoms with Crippen LogP contribution >= 0.6 is 27.5 Å². The van der Waals surface area contributed by atoms with Crippen LogP contribution in [-0.4, -0.2) is 14.2 Å². The van der Waals surface area contributed by atoms with Crippen LogP contribution in [0.3, 0.4) is 0 Å². The van der Waals surface area contributed by atoms with Crippen molar-refractivity contribution in [3.8, 4) is 11.5 Å². The number of halogens is 3. The van der Waals surface area contributed by atoms with E-state index in [1.165, 1.54) is 0 Å². The predicted octanol–water partition coefficient (Wildman–Crippen LogP) is 5.13. The third-order valence-corrected chi connectivity index (χ3v) is 4.18. The van der Waals surface area contributed by atoms with E-state index >= 15 is 0 Å². The third kappa shape index (κ3) is 3.69. The fourth-order valence-corrected chi connectivity index (χ4v) is 2.82. The smallest absolute Gasteiger partial charge is 0.160 e. The second kappa shape index (κ2) is 7.14. The van der Waals surface area contributed by atoms with Gasteiger partial charge < -0.3 is 9.47 Å². The van der Waals surface area contributed by atoms with Gasteiger partial charge in [0.15, 0.2) is 11.5 Å². The number of alkyl halides is 1. The summed E-state index contributed by atoms with van der Waals surface area (Å²) < 4.78 is 24.9. The Balaban J connectivity index is 2.23. The molecule has 0 bridgehead atoms. The number of hydrogen-bond donors (Lipinski definition) is 0. The number of hydrogen-bond acceptors (Lipinski definition) is 2. The van der Waals surface area contributed by atoms with Gasteiger partial charge in [-0.15, -0.1) is 11.6 Å². The van der Waals surface area contributed by atoms with Crippen molar-refractivity contribution in [3.63, 3.8) is 0 Å². The van der Waals surface area contributed by atoms with E-state index in [9.17, 15) is 4.39 Å². The van der Waals surface area contributed by atoms with Crippen LogP contribution in [0.4, 0.5) is 4.39 Å². The average molecular weight is 374 g/mol. The summed E-state index contributed by atoms with van der Waals surface area (Å²) in [5, 5.41) is -0.458. The lowest BCUT2D eigenvalue weighted by atomic mass is 10.0. The predicted molar refractivity (Wildman–Crippen MR) is 85.9 cm³/mol. The first-order valence-electron chi connectivity index (χ1n) is 6.35. The van der Waals surface area contributed by atoms with E-state index in [0.29, 0.717) is 28.0 Å². The molecule has 0 N–H and O–H groups in total. The molecule has 2 rings (SSSR count). The topological polar surface area (TPSA) is 18.5 Å². The molecule has 0 amide bonds. The van der Waals surface area contributed by atoms with Gasteiger partial charge in [0, 0.05) is 5.56 Å². The Kier molecular flexibility index (Phi) is 5.48. The molecular weight excluding hydrogens is 359 g/mol. The van der Waals surface area contributed by atoms with E-state index in [0.717, 1.165) is 5.56 Å². The molecule has 2 nitrogen and oxygen atoms in total. The molecular formula is C16H15BrClFO2. The zero-order chi connectivity index (χ0) is 15.4. The molecule has 112 valence electrons. The van der Waals surface area contributed by atoms with Gasteiger partial charge in [-0.1, -0.05) is 18.2 Å². The average Bonchev–Trinajstić information content (AvgIpc) is 2.49. The minimum absolute atomic E-state index is 0.321. The number of rotatable bonds is 5. The van der Waals surface area contributed by atoms with Crippen molar-refractivity contribution < 1.29 is 13.9 Å².